The van der Waals surface area contributed by atoms with E-state index in [4.69, 9.17) is 11.6 Å². The minimum absolute atomic E-state index is 0.0137. The minimum atomic E-state index is -3.10. The first-order valence-electron chi connectivity index (χ1n) is 6.17. The van der Waals surface area contributed by atoms with Gasteiger partial charge < -0.3 is 5.32 Å². The average Bonchev–Trinajstić information content (AvgIpc) is 2.30. The van der Waals surface area contributed by atoms with Crippen LogP contribution in [0.1, 0.15) is 18.9 Å². The maximum absolute atomic E-state index is 13.3. The standard InChI is InChI=1S/C13H19ClFNO2S/c1-3-7-16-11(9-19(2,17)18)8-10-5-4-6-12(15)13(10)14/h4-6,11,16H,3,7-9H2,1-2H3. The molecule has 0 bridgehead atoms. The van der Waals surface area contributed by atoms with Crippen LogP contribution < -0.4 is 5.32 Å². The van der Waals surface area contributed by atoms with Gasteiger partial charge in [0.2, 0.25) is 0 Å². The summed E-state index contributed by atoms with van der Waals surface area (Å²) < 4.78 is 36.1. The molecule has 0 fully saturated rings. The number of nitrogens with one attached hydrogen (secondary N) is 1. The highest BCUT2D eigenvalue weighted by Gasteiger charge is 2.17. The van der Waals surface area contributed by atoms with Crippen molar-refractivity contribution < 1.29 is 12.8 Å². The lowest BCUT2D eigenvalue weighted by molar-refractivity contribution is 0.529. The average molecular weight is 308 g/mol. The molecule has 0 spiro atoms. The van der Waals surface area contributed by atoms with Crippen molar-refractivity contribution >= 4 is 21.4 Å². The van der Waals surface area contributed by atoms with E-state index in [1.165, 1.54) is 12.3 Å². The summed E-state index contributed by atoms with van der Waals surface area (Å²) in [5.41, 5.74) is 0.624. The van der Waals surface area contributed by atoms with Crippen LogP contribution in [0.3, 0.4) is 0 Å². The fourth-order valence-electron chi connectivity index (χ4n) is 1.88. The number of sulfone groups is 1. The van der Waals surface area contributed by atoms with Crippen LogP contribution in [0.15, 0.2) is 18.2 Å². The molecule has 0 amide bonds. The Hall–Kier alpha value is -0.650. The molecule has 19 heavy (non-hydrogen) atoms. The second-order valence-electron chi connectivity index (χ2n) is 4.66. The quantitative estimate of drug-likeness (QED) is 0.841. The Morgan fingerprint density at radius 3 is 2.68 bits per heavy atom. The maximum Gasteiger partial charge on any atom is 0.148 e. The lowest BCUT2D eigenvalue weighted by atomic mass is 10.1. The second-order valence-corrected chi connectivity index (χ2v) is 7.22. The summed E-state index contributed by atoms with van der Waals surface area (Å²) in [5, 5.41) is 3.23. The van der Waals surface area contributed by atoms with Crippen molar-refractivity contribution in [2.24, 2.45) is 0 Å². The molecule has 0 aliphatic rings. The van der Waals surface area contributed by atoms with Crippen molar-refractivity contribution in [3.63, 3.8) is 0 Å². The van der Waals surface area contributed by atoms with E-state index in [0.29, 0.717) is 18.5 Å². The van der Waals surface area contributed by atoms with Gasteiger partial charge >= 0.3 is 0 Å². The normalized spacial score (nSPS) is 13.5. The molecular weight excluding hydrogens is 289 g/mol. The van der Waals surface area contributed by atoms with E-state index in [-0.39, 0.29) is 16.8 Å². The zero-order valence-electron chi connectivity index (χ0n) is 11.1. The first-order valence-corrected chi connectivity index (χ1v) is 8.61. The Morgan fingerprint density at radius 2 is 2.11 bits per heavy atom. The lowest BCUT2D eigenvalue weighted by Gasteiger charge is -2.18. The zero-order valence-corrected chi connectivity index (χ0v) is 12.7. The topological polar surface area (TPSA) is 46.2 Å². The van der Waals surface area contributed by atoms with E-state index < -0.39 is 15.7 Å². The minimum Gasteiger partial charge on any atom is -0.313 e. The highest BCUT2D eigenvalue weighted by Crippen LogP contribution is 2.21. The van der Waals surface area contributed by atoms with Gasteiger partial charge in [0.25, 0.3) is 0 Å². The number of halogens is 2. The Kier molecular flexibility index (Phi) is 6.23. The van der Waals surface area contributed by atoms with Gasteiger partial charge in [-0.05, 0) is 31.0 Å². The van der Waals surface area contributed by atoms with Crippen molar-refractivity contribution in [2.75, 3.05) is 18.6 Å². The Bertz CT molecular complexity index is 519. The van der Waals surface area contributed by atoms with Crippen LogP contribution in [-0.4, -0.2) is 33.0 Å². The smallest absolute Gasteiger partial charge is 0.148 e. The fraction of sp³-hybridized carbons (Fsp3) is 0.538. The molecule has 1 rings (SSSR count). The Morgan fingerprint density at radius 1 is 1.42 bits per heavy atom. The molecule has 0 aliphatic heterocycles. The van der Waals surface area contributed by atoms with Crippen molar-refractivity contribution in [3.05, 3.63) is 34.6 Å². The van der Waals surface area contributed by atoms with Crippen LogP contribution in [-0.2, 0) is 16.3 Å². The third kappa shape index (κ3) is 5.89. The summed E-state index contributed by atoms with van der Waals surface area (Å²) in [6, 6.07) is 4.33. The van der Waals surface area contributed by atoms with E-state index in [2.05, 4.69) is 5.32 Å². The van der Waals surface area contributed by atoms with Gasteiger partial charge in [-0.25, -0.2) is 12.8 Å². The molecular formula is C13H19ClFNO2S. The van der Waals surface area contributed by atoms with E-state index in [1.807, 2.05) is 6.92 Å². The van der Waals surface area contributed by atoms with Gasteiger partial charge in [-0.15, -0.1) is 0 Å². The Labute approximate surface area is 119 Å². The van der Waals surface area contributed by atoms with Crippen molar-refractivity contribution in [1.29, 1.82) is 0 Å². The van der Waals surface area contributed by atoms with Crippen LogP contribution in [0.25, 0.3) is 0 Å². The van der Waals surface area contributed by atoms with E-state index >= 15 is 0 Å². The molecule has 0 aliphatic carbocycles. The number of benzene rings is 1. The van der Waals surface area contributed by atoms with Gasteiger partial charge in [-0.2, -0.15) is 0 Å². The number of hydrogen-bond donors (Lipinski definition) is 1. The number of hydrogen-bond acceptors (Lipinski definition) is 3. The molecule has 1 atom stereocenters. The van der Waals surface area contributed by atoms with Crippen molar-refractivity contribution in [1.82, 2.24) is 5.32 Å². The summed E-state index contributed by atoms with van der Waals surface area (Å²) >= 11 is 5.89. The molecule has 0 aromatic heterocycles. The Balaban J connectivity index is 2.84. The second kappa shape index (κ2) is 7.22. The van der Waals surface area contributed by atoms with Crippen molar-refractivity contribution in [3.8, 4) is 0 Å². The van der Waals surface area contributed by atoms with E-state index in [9.17, 15) is 12.8 Å². The molecule has 108 valence electrons. The highest BCUT2D eigenvalue weighted by atomic mass is 35.5. The van der Waals surface area contributed by atoms with Gasteiger partial charge in [0, 0.05) is 12.3 Å². The third-order valence-corrected chi connectivity index (χ3v) is 4.12. The van der Waals surface area contributed by atoms with Gasteiger partial charge in [0.05, 0.1) is 10.8 Å². The first-order chi connectivity index (χ1) is 8.83. The zero-order chi connectivity index (χ0) is 14.5. The molecule has 0 heterocycles. The first kappa shape index (κ1) is 16.4. The molecule has 0 saturated carbocycles. The van der Waals surface area contributed by atoms with E-state index in [0.717, 1.165) is 6.42 Å². The fourth-order valence-corrected chi connectivity index (χ4v) is 3.05. The molecule has 0 saturated heterocycles. The molecule has 1 aromatic carbocycles. The largest absolute Gasteiger partial charge is 0.313 e. The maximum atomic E-state index is 13.3. The van der Waals surface area contributed by atoms with Crippen LogP contribution in [0.2, 0.25) is 5.02 Å². The van der Waals surface area contributed by atoms with Gasteiger partial charge in [-0.3, -0.25) is 0 Å². The molecule has 3 nitrogen and oxygen atoms in total. The lowest BCUT2D eigenvalue weighted by Crippen LogP contribution is -2.37. The molecule has 1 N–H and O–H groups in total. The summed E-state index contributed by atoms with van der Waals surface area (Å²) in [4.78, 5) is 0. The van der Waals surface area contributed by atoms with Crippen LogP contribution in [0.5, 0.6) is 0 Å². The third-order valence-electron chi connectivity index (χ3n) is 2.68. The summed E-state index contributed by atoms with van der Waals surface area (Å²) in [5.74, 6) is -0.465. The molecule has 0 radical (unpaired) electrons. The molecule has 1 unspecified atom stereocenters. The SMILES string of the molecule is CCCNC(Cc1cccc(F)c1Cl)CS(C)(=O)=O. The molecule has 1 aromatic rings. The highest BCUT2D eigenvalue weighted by molar-refractivity contribution is 7.90. The van der Waals surface area contributed by atoms with Crippen LogP contribution in [0.4, 0.5) is 4.39 Å². The van der Waals surface area contributed by atoms with Gasteiger partial charge in [0.1, 0.15) is 15.7 Å². The van der Waals surface area contributed by atoms with Crippen LogP contribution >= 0.6 is 11.6 Å². The van der Waals surface area contributed by atoms with Gasteiger partial charge in [0.15, 0.2) is 0 Å². The van der Waals surface area contributed by atoms with Crippen molar-refractivity contribution in [2.45, 2.75) is 25.8 Å². The predicted octanol–water partition coefficient (Wildman–Crippen LogP) is 2.43. The van der Waals surface area contributed by atoms with Gasteiger partial charge in [-0.1, -0.05) is 30.7 Å². The summed E-state index contributed by atoms with van der Waals surface area (Å²) in [6.07, 6.45) is 2.49. The number of rotatable bonds is 7. The van der Waals surface area contributed by atoms with Crippen LogP contribution in [0, 0.1) is 5.82 Å². The summed E-state index contributed by atoms with van der Waals surface area (Å²) in [6.45, 7) is 2.72. The molecule has 6 heteroatoms. The predicted molar refractivity (Wildman–Crippen MR) is 76.9 cm³/mol. The monoisotopic (exact) mass is 307 g/mol. The van der Waals surface area contributed by atoms with E-state index in [1.54, 1.807) is 12.1 Å². The summed E-state index contributed by atoms with van der Waals surface area (Å²) in [7, 11) is -3.10.